The van der Waals surface area contributed by atoms with E-state index in [4.69, 9.17) is 14.2 Å². The molecule has 5 rings (SSSR count). The second-order valence-electron chi connectivity index (χ2n) is 8.36. The maximum Gasteiger partial charge on any atom is 0.162 e. The summed E-state index contributed by atoms with van der Waals surface area (Å²) >= 11 is 0. The van der Waals surface area contributed by atoms with Gasteiger partial charge in [-0.3, -0.25) is 4.90 Å². The van der Waals surface area contributed by atoms with Crippen molar-refractivity contribution in [3.63, 3.8) is 0 Å². The van der Waals surface area contributed by atoms with Crippen molar-refractivity contribution in [2.24, 2.45) is 0 Å². The first kappa shape index (κ1) is 21.0. The molecule has 1 aliphatic carbocycles. The summed E-state index contributed by atoms with van der Waals surface area (Å²) in [4.78, 5) is 11.4. The minimum Gasteiger partial charge on any atom is -0.493 e. The van der Waals surface area contributed by atoms with Crippen LogP contribution in [0.3, 0.4) is 0 Å². The molecule has 0 radical (unpaired) electrons. The minimum atomic E-state index is 0.625. The minimum absolute atomic E-state index is 0.625. The van der Waals surface area contributed by atoms with E-state index in [1.54, 1.807) is 13.4 Å². The summed E-state index contributed by atoms with van der Waals surface area (Å²) in [6.45, 7) is 5.26. The summed E-state index contributed by atoms with van der Waals surface area (Å²) in [5.74, 6) is 2.17. The summed E-state index contributed by atoms with van der Waals surface area (Å²) in [6.07, 6.45) is 6.10. The number of hydrogen-bond donors (Lipinski definition) is 1. The van der Waals surface area contributed by atoms with Gasteiger partial charge in [-0.2, -0.15) is 0 Å². The quantitative estimate of drug-likeness (QED) is 0.538. The third kappa shape index (κ3) is 4.64. The van der Waals surface area contributed by atoms with Crippen LogP contribution in [-0.4, -0.2) is 61.4 Å². The van der Waals surface area contributed by atoms with Gasteiger partial charge in [0, 0.05) is 36.8 Å². The van der Waals surface area contributed by atoms with Gasteiger partial charge in [0.05, 0.1) is 32.4 Å². The Kier molecular flexibility index (Phi) is 6.36. The molecule has 7 nitrogen and oxygen atoms in total. The van der Waals surface area contributed by atoms with Gasteiger partial charge in [0.2, 0.25) is 0 Å². The molecule has 2 aromatic carbocycles. The number of nitrogens with one attached hydrogen (secondary N) is 1. The van der Waals surface area contributed by atoms with E-state index in [0.717, 1.165) is 68.1 Å². The van der Waals surface area contributed by atoms with E-state index in [2.05, 4.69) is 38.4 Å². The van der Waals surface area contributed by atoms with Crippen LogP contribution in [0.5, 0.6) is 11.5 Å². The SMILES string of the molecule is COc1cc2ncnc(Nc3ccc4c(c3)CCC4)c2cc1OCCCN1CCOCC1. The van der Waals surface area contributed by atoms with Gasteiger partial charge in [0.1, 0.15) is 12.1 Å². The lowest BCUT2D eigenvalue weighted by Crippen LogP contribution is -2.37. The van der Waals surface area contributed by atoms with Crippen LogP contribution in [-0.2, 0) is 17.6 Å². The Bertz CT molecular complexity index is 1080. The van der Waals surface area contributed by atoms with Gasteiger partial charge in [0.25, 0.3) is 0 Å². The average Bonchev–Trinajstić information content (AvgIpc) is 3.30. The summed E-state index contributed by atoms with van der Waals surface area (Å²) in [7, 11) is 1.66. The zero-order valence-electron chi connectivity index (χ0n) is 18.6. The maximum absolute atomic E-state index is 6.13. The summed E-state index contributed by atoms with van der Waals surface area (Å²) in [6, 6.07) is 10.5. The first-order chi connectivity index (χ1) is 15.8. The lowest BCUT2D eigenvalue weighted by molar-refractivity contribution is 0.0357. The Labute approximate surface area is 188 Å². The van der Waals surface area contributed by atoms with Gasteiger partial charge in [-0.25, -0.2) is 9.97 Å². The molecule has 7 heteroatoms. The zero-order chi connectivity index (χ0) is 21.8. The third-order valence-electron chi connectivity index (χ3n) is 6.26. The van der Waals surface area contributed by atoms with Gasteiger partial charge >= 0.3 is 0 Å². The number of nitrogens with zero attached hydrogens (tertiary/aromatic N) is 3. The molecule has 0 unspecified atom stereocenters. The highest BCUT2D eigenvalue weighted by molar-refractivity contribution is 5.93. The summed E-state index contributed by atoms with van der Waals surface area (Å²) in [5.41, 5.74) is 4.76. The van der Waals surface area contributed by atoms with E-state index in [9.17, 15) is 0 Å². The normalized spacial score (nSPS) is 16.2. The number of hydrogen-bond acceptors (Lipinski definition) is 7. The predicted molar refractivity (Wildman–Crippen MR) is 125 cm³/mol. The lowest BCUT2D eigenvalue weighted by Gasteiger charge is -2.26. The number of morpholine rings is 1. The molecular weight excluding hydrogens is 404 g/mol. The van der Waals surface area contributed by atoms with Gasteiger partial charge in [-0.1, -0.05) is 6.07 Å². The molecule has 0 amide bonds. The second kappa shape index (κ2) is 9.71. The van der Waals surface area contributed by atoms with Crippen LogP contribution in [0.15, 0.2) is 36.7 Å². The van der Waals surface area contributed by atoms with Crippen LogP contribution in [0.25, 0.3) is 10.9 Å². The molecule has 32 heavy (non-hydrogen) atoms. The van der Waals surface area contributed by atoms with Crippen molar-refractivity contribution >= 4 is 22.4 Å². The molecule has 0 bridgehead atoms. The van der Waals surface area contributed by atoms with E-state index in [0.29, 0.717) is 18.1 Å². The van der Waals surface area contributed by atoms with Crippen molar-refractivity contribution in [1.29, 1.82) is 0 Å². The van der Waals surface area contributed by atoms with Crippen LogP contribution >= 0.6 is 0 Å². The molecule has 1 aromatic heterocycles. The lowest BCUT2D eigenvalue weighted by atomic mass is 10.1. The standard InChI is InChI=1S/C25H30N4O3/c1-30-23-16-22-21(15-24(23)32-11-3-8-29-9-12-31-13-10-29)25(27-17-26-22)28-20-7-6-18-4-2-5-19(18)14-20/h6-7,14-17H,2-5,8-13H2,1H3,(H,26,27,28). The van der Waals surface area contributed by atoms with Crippen LogP contribution in [0, 0.1) is 0 Å². The molecule has 2 heterocycles. The Morgan fingerprint density at radius 1 is 1.03 bits per heavy atom. The first-order valence-corrected chi connectivity index (χ1v) is 11.4. The van der Waals surface area contributed by atoms with Crippen molar-refractivity contribution in [3.8, 4) is 11.5 Å². The smallest absolute Gasteiger partial charge is 0.162 e. The fourth-order valence-electron chi connectivity index (χ4n) is 4.52. The highest BCUT2D eigenvalue weighted by Gasteiger charge is 2.15. The molecule has 1 N–H and O–H groups in total. The highest BCUT2D eigenvalue weighted by atomic mass is 16.5. The Morgan fingerprint density at radius 2 is 1.91 bits per heavy atom. The monoisotopic (exact) mass is 434 g/mol. The van der Waals surface area contributed by atoms with E-state index < -0.39 is 0 Å². The second-order valence-corrected chi connectivity index (χ2v) is 8.36. The number of benzene rings is 2. The van der Waals surface area contributed by atoms with Gasteiger partial charge in [0.15, 0.2) is 11.5 Å². The van der Waals surface area contributed by atoms with Crippen molar-refractivity contribution in [2.45, 2.75) is 25.7 Å². The molecular formula is C25H30N4O3. The Morgan fingerprint density at radius 3 is 2.78 bits per heavy atom. The molecule has 3 aromatic rings. The molecule has 1 aliphatic heterocycles. The third-order valence-corrected chi connectivity index (χ3v) is 6.26. The van der Waals surface area contributed by atoms with Crippen molar-refractivity contribution in [2.75, 3.05) is 51.9 Å². The molecule has 1 saturated heterocycles. The number of fused-ring (bicyclic) bond motifs is 2. The van der Waals surface area contributed by atoms with Gasteiger partial charge < -0.3 is 19.5 Å². The number of aryl methyl sites for hydroxylation is 2. The van der Waals surface area contributed by atoms with E-state index in [1.807, 2.05) is 12.1 Å². The van der Waals surface area contributed by atoms with Crippen molar-refractivity contribution in [3.05, 3.63) is 47.8 Å². The van der Waals surface area contributed by atoms with E-state index in [-0.39, 0.29) is 0 Å². The molecule has 1 fully saturated rings. The first-order valence-electron chi connectivity index (χ1n) is 11.4. The van der Waals surface area contributed by atoms with Gasteiger partial charge in [-0.05, 0) is 55.0 Å². The largest absolute Gasteiger partial charge is 0.493 e. The number of anilines is 2. The topological polar surface area (TPSA) is 68.7 Å². The van der Waals surface area contributed by atoms with Crippen molar-refractivity contribution in [1.82, 2.24) is 14.9 Å². The molecule has 0 saturated carbocycles. The summed E-state index contributed by atoms with van der Waals surface area (Å²) in [5, 5.41) is 4.40. The Hall–Kier alpha value is -2.90. The highest BCUT2D eigenvalue weighted by Crippen LogP contribution is 2.35. The number of rotatable bonds is 8. The Balaban J connectivity index is 1.33. The number of aromatic nitrogens is 2. The van der Waals surface area contributed by atoms with Crippen LogP contribution < -0.4 is 14.8 Å². The molecule has 0 atom stereocenters. The molecule has 2 aliphatic rings. The fraction of sp³-hybridized carbons (Fsp3) is 0.440. The summed E-state index contributed by atoms with van der Waals surface area (Å²) < 4.78 is 17.1. The molecule has 0 spiro atoms. The number of ether oxygens (including phenoxy) is 3. The fourth-order valence-corrected chi connectivity index (χ4v) is 4.52. The molecule has 168 valence electrons. The van der Waals surface area contributed by atoms with Crippen molar-refractivity contribution < 1.29 is 14.2 Å². The average molecular weight is 435 g/mol. The van der Waals surface area contributed by atoms with E-state index >= 15 is 0 Å². The number of methoxy groups -OCH3 is 1. The van der Waals surface area contributed by atoms with Crippen LogP contribution in [0.1, 0.15) is 24.0 Å². The maximum atomic E-state index is 6.13. The van der Waals surface area contributed by atoms with Crippen LogP contribution in [0.4, 0.5) is 11.5 Å². The van der Waals surface area contributed by atoms with E-state index in [1.165, 1.54) is 24.0 Å². The zero-order valence-corrected chi connectivity index (χ0v) is 18.6. The van der Waals surface area contributed by atoms with Gasteiger partial charge in [-0.15, -0.1) is 0 Å². The predicted octanol–water partition coefficient (Wildman–Crippen LogP) is 3.97. The van der Waals surface area contributed by atoms with Crippen LogP contribution in [0.2, 0.25) is 0 Å².